The van der Waals surface area contributed by atoms with E-state index in [-0.39, 0.29) is 30.6 Å². The van der Waals surface area contributed by atoms with Crippen LogP contribution in [0.2, 0.25) is 0 Å². The Balaban J connectivity index is 1.35. The summed E-state index contributed by atoms with van der Waals surface area (Å²) in [6.07, 6.45) is 10.2. The normalized spacial score (nSPS) is 20.7. The lowest BCUT2D eigenvalue weighted by Crippen LogP contribution is -2.43. The van der Waals surface area contributed by atoms with Crippen LogP contribution in [0.1, 0.15) is 99.4 Å². The summed E-state index contributed by atoms with van der Waals surface area (Å²) in [4.78, 5) is 25.8. The zero-order valence-electron chi connectivity index (χ0n) is 25.6. The molecule has 3 unspecified atom stereocenters. The summed E-state index contributed by atoms with van der Waals surface area (Å²) >= 11 is 0. The number of hydrogen-bond acceptors (Lipinski definition) is 6. The highest BCUT2D eigenvalue weighted by molar-refractivity contribution is 5.75. The third kappa shape index (κ3) is 10.6. The quantitative estimate of drug-likeness (QED) is 0.177. The molecule has 1 aliphatic carbocycles. The van der Waals surface area contributed by atoms with Crippen LogP contribution in [-0.4, -0.2) is 53.6 Å². The van der Waals surface area contributed by atoms with Gasteiger partial charge < -0.3 is 25.2 Å². The van der Waals surface area contributed by atoms with Gasteiger partial charge in [0, 0.05) is 57.5 Å². The molecule has 3 N–H and O–H groups in total. The van der Waals surface area contributed by atoms with Crippen molar-refractivity contribution in [2.24, 2.45) is 0 Å². The maximum absolute atomic E-state index is 12.3. The molecule has 1 heterocycles. The fourth-order valence-corrected chi connectivity index (χ4v) is 6.04. The van der Waals surface area contributed by atoms with E-state index >= 15 is 0 Å². The Morgan fingerprint density at radius 2 is 1.65 bits per heavy atom. The fourth-order valence-electron chi connectivity index (χ4n) is 6.04. The second kappa shape index (κ2) is 17.3. The van der Waals surface area contributed by atoms with Crippen molar-refractivity contribution in [3.8, 4) is 0 Å². The molecule has 1 aliphatic heterocycles. The molecule has 2 amide bonds. The van der Waals surface area contributed by atoms with E-state index in [0.29, 0.717) is 25.6 Å². The minimum Gasteiger partial charge on any atom is -0.392 e. The van der Waals surface area contributed by atoms with Gasteiger partial charge in [-0.15, -0.1) is 6.58 Å². The van der Waals surface area contributed by atoms with Crippen molar-refractivity contribution >= 4 is 11.8 Å². The highest BCUT2D eigenvalue weighted by Gasteiger charge is 2.34. The van der Waals surface area contributed by atoms with E-state index in [9.17, 15) is 14.7 Å². The lowest BCUT2D eigenvalue weighted by Gasteiger charge is -2.39. The SMILES string of the molecule is C=CCN(CC1CC(c2ccc(CO)cc2)OC(c2ccc(CNC(=O)CCCCCNC(C)=O)cc2)O1)C1CCCC1. The topological polar surface area (TPSA) is 100 Å². The van der Waals surface area contributed by atoms with Crippen molar-refractivity contribution in [3.63, 3.8) is 0 Å². The summed E-state index contributed by atoms with van der Waals surface area (Å²) in [5.41, 5.74) is 3.93. The molecule has 3 atom stereocenters. The third-order valence-electron chi connectivity index (χ3n) is 8.45. The highest BCUT2D eigenvalue weighted by atomic mass is 16.7. The maximum Gasteiger partial charge on any atom is 0.220 e. The van der Waals surface area contributed by atoms with Gasteiger partial charge >= 0.3 is 0 Å². The van der Waals surface area contributed by atoms with Gasteiger partial charge in [-0.25, -0.2) is 0 Å². The van der Waals surface area contributed by atoms with Crippen molar-refractivity contribution < 1.29 is 24.2 Å². The molecule has 8 heteroatoms. The average Bonchev–Trinajstić information content (AvgIpc) is 3.57. The summed E-state index contributed by atoms with van der Waals surface area (Å²) < 4.78 is 13.1. The van der Waals surface area contributed by atoms with Gasteiger partial charge in [0.15, 0.2) is 6.29 Å². The first-order valence-corrected chi connectivity index (χ1v) is 15.9. The van der Waals surface area contributed by atoms with Crippen LogP contribution < -0.4 is 10.6 Å². The monoisotopic (exact) mass is 591 g/mol. The summed E-state index contributed by atoms with van der Waals surface area (Å²) in [5.74, 6) is 0.0137. The number of nitrogens with one attached hydrogen (secondary N) is 2. The summed E-state index contributed by atoms with van der Waals surface area (Å²) in [6, 6.07) is 16.7. The van der Waals surface area contributed by atoms with Crippen molar-refractivity contribution in [1.29, 1.82) is 0 Å². The number of rotatable bonds is 16. The molecule has 0 bridgehead atoms. The first-order valence-electron chi connectivity index (χ1n) is 15.9. The Hall–Kier alpha value is -3.04. The number of ether oxygens (including phenoxy) is 2. The predicted molar refractivity (Wildman–Crippen MR) is 168 cm³/mol. The maximum atomic E-state index is 12.3. The standard InChI is InChI=1S/C35H49N3O5/c1-3-21-38(31-9-6-7-10-31)24-32-22-33(29-16-14-28(25-39)15-17-29)43-35(42-32)30-18-12-27(13-19-30)23-37-34(41)11-5-4-8-20-36-26(2)40/h3,12-19,31-33,35,39H,1,4-11,20-25H2,2H3,(H,36,40)(H,37,41). The van der Waals surface area contributed by atoms with Crippen LogP contribution in [0.3, 0.4) is 0 Å². The molecule has 8 nitrogen and oxygen atoms in total. The van der Waals surface area contributed by atoms with Gasteiger partial charge in [0.1, 0.15) is 0 Å². The minimum atomic E-state index is -0.503. The Kier molecular flexibility index (Phi) is 13.2. The van der Waals surface area contributed by atoms with E-state index in [1.165, 1.54) is 32.6 Å². The number of amides is 2. The number of aliphatic hydroxyl groups excluding tert-OH is 1. The van der Waals surface area contributed by atoms with Crippen molar-refractivity contribution in [1.82, 2.24) is 15.5 Å². The zero-order valence-corrected chi connectivity index (χ0v) is 25.6. The van der Waals surface area contributed by atoms with Crippen molar-refractivity contribution in [3.05, 3.63) is 83.4 Å². The van der Waals surface area contributed by atoms with Gasteiger partial charge in [0.05, 0.1) is 18.8 Å². The number of nitrogens with zero attached hydrogens (tertiary/aromatic N) is 1. The number of aliphatic hydroxyl groups is 1. The Bertz CT molecular complexity index is 1150. The van der Waals surface area contributed by atoms with Crippen LogP contribution in [-0.2, 0) is 32.2 Å². The largest absolute Gasteiger partial charge is 0.392 e. The molecule has 2 fully saturated rings. The van der Waals surface area contributed by atoms with E-state index in [0.717, 1.165) is 61.0 Å². The molecule has 2 aromatic rings. The molecule has 234 valence electrons. The smallest absolute Gasteiger partial charge is 0.220 e. The van der Waals surface area contributed by atoms with Gasteiger partial charge in [-0.2, -0.15) is 0 Å². The second-order valence-electron chi connectivity index (χ2n) is 11.8. The van der Waals surface area contributed by atoms with Crippen LogP contribution in [0, 0.1) is 0 Å². The van der Waals surface area contributed by atoms with Gasteiger partial charge in [0.25, 0.3) is 0 Å². The first-order chi connectivity index (χ1) is 20.9. The minimum absolute atomic E-state index is 0.000903. The molecule has 2 aliphatic rings. The molecule has 0 spiro atoms. The number of carbonyl (C=O) groups is 2. The lowest BCUT2D eigenvalue weighted by molar-refractivity contribution is -0.253. The molecular weight excluding hydrogens is 542 g/mol. The van der Waals surface area contributed by atoms with Crippen LogP contribution >= 0.6 is 0 Å². The molecule has 2 aromatic carbocycles. The second-order valence-corrected chi connectivity index (χ2v) is 11.8. The predicted octanol–water partition coefficient (Wildman–Crippen LogP) is 5.47. The van der Waals surface area contributed by atoms with Crippen LogP contribution in [0.25, 0.3) is 0 Å². The Labute approximate surface area is 256 Å². The molecule has 0 radical (unpaired) electrons. The highest BCUT2D eigenvalue weighted by Crippen LogP contribution is 2.38. The van der Waals surface area contributed by atoms with E-state index < -0.39 is 6.29 Å². The number of benzene rings is 2. The summed E-state index contributed by atoms with van der Waals surface area (Å²) in [7, 11) is 0. The van der Waals surface area contributed by atoms with Gasteiger partial charge in [-0.1, -0.05) is 73.9 Å². The molecule has 43 heavy (non-hydrogen) atoms. The van der Waals surface area contributed by atoms with Crippen LogP contribution in [0.5, 0.6) is 0 Å². The molecule has 0 aromatic heterocycles. The third-order valence-corrected chi connectivity index (χ3v) is 8.45. The zero-order chi connectivity index (χ0) is 30.4. The average molecular weight is 592 g/mol. The first kappa shape index (κ1) is 32.9. The summed E-state index contributed by atoms with van der Waals surface area (Å²) in [6.45, 7) is 8.34. The van der Waals surface area contributed by atoms with Crippen LogP contribution in [0.15, 0.2) is 61.2 Å². The van der Waals surface area contributed by atoms with Crippen molar-refractivity contribution in [2.45, 2.75) is 102 Å². The van der Waals surface area contributed by atoms with E-state index in [2.05, 4.69) is 22.1 Å². The van der Waals surface area contributed by atoms with E-state index in [4.69, 9.17) is 9.47 Å². The molecule has 1 saturated carbocycles. The lowest BCUT2D eigenvalue weighted by atomic mass is 9.99. The number of carbonyl (C=O) groups excluding carboxylic acids is 2. The molecule has 1 saturated heterocycles. The Morgan fingerprint density at radius 3 is 2.33 bits per heavy atom. The van der Waals surface area contributed by atoms with E-state index in [1.54, 1.807) is 0 Å². The van der Waals surface area contributed by atoms with Crippen molar-refractivity contribution in [2.75, 3.05) is 19.6 Å². The van der Waals surface area contributed by atoms with Crippen LogP contribution in [0.4, 0.5) is 0 Å². The van der Waals surface area contributed by atoms with Gasteiger partial charge in [-0.3, -0.25) is 14.5 Å². The van der Waals surface area contributed by atoms with Gasteiger partial charge in [-0.05, 0) is 42.4 Å². The molecular formula is C35H49N3O5. The Morgan fingerprint density at radius 1 is 0.953 bits per heavy atom. The van der Waals surface area contributed by atoms with Gasteiger partial charge in [0.2, 0.25) is 11.8 Å². The van der Waals surface area contributed by atoms with E-state index in [1.807, 2.05) is 54.6 Å². The molecule has 4 rings (SSSR count). The number of hydrogen-bond donors (Lipinski definition) is 3. The number of unbranched alkanes of at least 4 members (excludes halogenated alkanes) is 2. The summed E-state index contributed by atoms with van der Waals surface area (Å²) in [5, 5.41) is 15.3. The fraction of sp³-hybridized carbons (Fsp3) is 0.543.